The molecule has 0 bridgehead atoms. The molecule has 2 aromatic heterocycles. The topological polar surface area (TPSA) is 63.7 Å². The molecule has 5 nitrogen and oxygen atoms in total. The Kier molecular flexibility index (Phi) is 5.84. The van der Waals surface area contributed by atoms with E-state index in [4.69, 9.17) is 16.3 Å². The number of aromatic amines is 1. The van der Waals surface area contributed by atoms with E-state index in [-0.39, 0.29) is 0 Å². The molecule has 1 aliphatic carbocycles. The van der Waals surface area contributed by atoms with Crippen molar-refractivity contribution in [1.29, 1.82) is 0 Å². The second-order valence-corrected chi connectivity index (χ2v) is 7.49. The molecule has 2 heterocycles. The third-order valence-electron chi connectivity index (χ3n) is 5.28. The quantitative estimate of drug-likeness (QED) is 0.567. The number of benzene rings is 1. The normalized spacial score (nSPS) is 19.5. The fourth-order valence-electron chi connectivity index (χ4n) is 3.89. The Morgan fingerprint density at radius 1 is 1.14 bits per heavy atom. The van der Waals surface area contributed by atoms with Gasteiger partial charge in [0.15, 0.2) is 0 Å². The molecule has 0 aliphatic heterocycles. The molecular weight excluding hydrogens is 372 g/mol. The molecule has 28 heavy (non-hydrogen) atoms. The highest BCUT2D eigenvalue weighted by molar-refractivity contribution is 6.30. The lowest BCUT2D eigenvalue weighted by molar-refractivity contribution is 0.0421. The number of hydrogen-bond acceptors (Lipinski definition) is 4. The molecule has 0 saturated heterocycles. The highest BCUT2D eigenvalue weighted by Crippen LogP contribution is 2.41. The summed E-state index contributed by atoms with van der Waals surface area (Å²) in [6.07, 6.45) is 9.67. The zero-order valence-corrected chi connectivity index (χ0v) is 16.4. The first-order valence-electron chi connectivity index (χ1n) is 9.59. The van der Waals surface area contributed by atoms with E-state index in [1.54, 1.807) is 12.5 Å². The maximum Gasteiger partial charge on any atom is 0.116 e. The van der Waals surface area contributed by atoms with Gasteiger partial charge in [-0.3, -0.25) is 5.10 Å². The Hall–Kier alpha value is -2.50. The van der Waals surface area contributed by atoms with Crippen molar-refractivity contribution in [2.75, 3.05) is 6.61 Å². The molecule has 0 atom stereocenters. The van der Waals surface area contributed by atoms with Crippen molar-refractivity contribution in [3.63, 3.8) is 0 Å². The molecule has 1 aliphatic rings. The molecule has 144 valence electrons. The third kappa shape index (κ3) is 4.01. The summed E-state index contributed by atoms with van der Waals surface area (Å²) in [5.74, 6) is 0.405. The summed E-state index contributed by atoms with van der Waals surface area (Å²) >= 11 is 6.07. The summed E-state index contributed by atoms with van der Waals surface area (Å²) in [4.78, 5) is 8.57. The summed E-state index contributed by atoms with van der Waals surface area (Å²) in [6.45, 7) is 4.35. The van der Waals surface area contributed by atoms with Crippen LogP contribution in [-0.4, -0.2) is 32.9 Å². The van der Waals surface area contributed by atoms with Crippen LogP contribution in [-0.2, 0) is 4.74 Å². The molecule has 4 rings (SSSR count). The predicted molar refractivity (Wildman–Crippen MR) is 111 cm³/mol. The van der Waals surface area contributed by atoms with Crippen LogP contribution in [0.4, 0.5) is 0 Å². The van der Waals surface area contributed by atoms with Gasteiger partial charge in [0.2, 0.25) is 0 Å². The first kappa shape index (κ1) is 18.8. The van der Waals surface area contributed by atoms with Crippen LogP contribution < -0.4 is 0 Å². The van der Waals surface area contributed by atoms with Gasteiger partial charge in [0.05, 0.1) is 18.4 Å². The van der Waals surface area contributed by atoms with Crippen molar-refractivity contribution in [3.05, 3.63) is 66.2 Å². The van der Waals surface area contributed by atoms with Gasteiger partial charge in [0.25, 0.3) is 0 Å². The Balaban J connectivity index is 1.67. The summed E-state index contributed by atoms with van der Waals surface area (Å²) in [6, 6.07) is 9.70. The molecule has 1 saturated carbocycles. The van der Waals surface area contributed by atoms with Crippen LogP contribution in [0.5, 0.6) is 0 Å². The van der Waals surface area contributed by atoms with Crippen LogP contribution in [0.15, 0.2) is 55.5 Å². The average molecular weight is 395 g/mol. The lowest BCUT2D eigenvalue weighted by atomic mass is 9.83. The molecule has 0 amide bonds. The summed E-state index contributed by atoms with van der Waals surface area (Å²) in [7, 11) is 0. The predicted octanol–water partition coefficient (Wildman–Crippen LogP) is 5.42. The lowest BCUT2D eigenvalue weighted by Gasteiger charge is -2.28. The first-order chi connectivity index (χ1) is 13.8. The Labute approximate surface area is 169 Å². The molecular formula is C22H23ClN4O. The number of halogens is 1. The standard InChI is InChI=1S/C22H23ClN4O/c1-2-13-28-18-9-5-16(6-10-18)22-20(19-11-12-24-14-25-19)21(26-27-22)15-3-7-17(23)8-4-15/h2-4,7-8,11-12,14,16,18H,1,5-6,9-10,13H2,(H,26,27). The molecule has 0 radical (unpaired) electrons. The molecule has 1 fully saturated rings. The fourth-order valence-corrected chi connectivity index (χ4v) is 4.01. The molecule has 0 unspecified atom stereocenters. The summed E-state index contributed by atoms with van der Waals surface area (Å²) < 4.78 is 5.84. The number of rotatable bonds is 6. The van der Waals surface area contributed by atoms with Gasteiger partial charge in [0, 0.05) is 34.0 Å². The monoisotopic (exact) mass is 394 g/mol. The number of aromatic nitrogens is 4. The van der Waals surface area contributed by atoms with Crippen LogP contribution >= 0.6 is 11.6 Å². The highest BCUT2D eigenvalue weighted by Gasteiger charge is 2.28. The van der Waals surface area contributed by atoms with Crippen LogP contribution in [0.25, 0.3) is 22.5 Å². The van der Waals surface area contributed by atoms with Crippen molar-refractivity contribution in [1.82, 2.24) is 20.2 Å². The van der Waals surface area contributed by atoms with Crippen molar-refractivity contribution in [2.24, 2.45) is 0 Å². The van der Waals surface area contributed by atoms with Gasteiger partial charge >= 0.3 is 0 Å². The Bertz CT molecular complexity index is 915. The lowest BCUT2D eigenvalue weighted by Crippen LogP contribution is -2.21. The zero-order valence-electron chi connectivity index (χ0n) is 15.6. The van der Waals surface area contributed by atoms with Crippen LogP contribution in [0.1, 0.15) is 37.3 Å². The van der Waals surface area contributed by atoms with Crippen LogP contribution in [0.2, 0.25) is 5.02 Å². The number of hydrogen-bond donors (Lipinski definition) is 1. The van der Waals surface area contributed by atoms with Crippen molar-refractivity contribution in [3.8, 4) is 22.5 Å². The number of ether oxygens (including phenoxy) is 1. The van der Waals surface area contributed by atoms with E-state index < -0.39 is 0 Å². The Morgan fingerprint density at radius 3 is 2.61 bits per heavy atom. The maximum atomic E-state index is 6.07. The maximum absolute atomic E-state index is 6.07. The smallest absolute Gasteiger partial charge is 0.116 e. The SMILES string of the molecule is C=CCOC1CCC(c2[nH]nc(-c3ccc(Cl)cc3)c2-c2ccncn2)CC1. The molecule has 1 aromatic carbocycles. The van der Waals surface area contributed by atoms with Crippen molar-refractivity contribution < 1.29 is 4.74 Å². The van der Waals surface area contributed by atoms with Gasteiger partial charge in [-0.25, -0.2) is 9.97 Å². The molecule has 3 aromatic rings. The second-order valence-electron chi connectivity index (χ2n) is 7.06. The van der Waals surface area contributed by atoms with Crippen molar-refractivity contribution >= 4 is 11.6 Å². The van der Waals surface area contributed by atoms with Crippen LogP contribution in [0.3, 0.4) is 0 Å². The van der Waals surface area contributed by atoms with E-state index in [0.29, 0.717) is 23.7 Å². The minimum absolute atomic E-state index is 0.315. The average Bonchev–Trinajstić information content (AvgIpc) is 3.19. The molecule has 1 N–H and O–H groups in total. The molecule has 6 heteroatoms. The van der Waals surface area contributed by atoms with Gasteiger partial charge in [0.1, 0.15) is 12.0 Å². The van der Waals surface area contributed by atoms with Gasteiger partial charge < -0.3 is 4.74 Å². The van der Waals surface area contributed by atoms with Crippen molar-refractivity contribution in [2.45, 2.75) is 37.7 Å². The number of nitrogens with zero attached hydrogens (tertiary/aromatic N) is 3. The van der Waals surface area contributed by atoms with Gasteiger partial charge in [-0.1, -0.05) is 29.8 Å². The summed E-state index contributed by atoms with van der Waals surface area (Å²) in [5, 5.41) is 8.69. The fraction of sp³-hybridized carbons (Fsp3) is 0.318. The van der Waals surface area contributed by atoms with E-state index >= 15 is 0 Å². The zero-order chi connectivity index (χ0) is 19.3. The summed E-state index contributed by atoms with van der Waals surface area (Å²) in [5.41, 5.74) is 5.00. The van der Waals surface area contributed by atoms with E-state index in [1.165, 1.54) is 0 Å². The largest absolute Gasteiger partial charge is 0.374 e. The minimum Gasteiger partial charge on any atom is -0.374 e. The minimum atomic E-state index is 0.315. The highest BCUT2D eigenvalue weighted by atomic mass is 35.5. The van der Waals surface area contributed by atoms with Gasteiger partial charge in [-0.05, 0) is 43.9 Å². The Morgan fingerprint density at radius 2 is 1.93 bits per heavy atom. The number of H-pyrrole nitrogens is 1. The molecule has 0 spiro atoms. The van der Waals surface area contributed by atoms with Gasteiger partial charge in [-0.15, -0.1) is 6.58 Å². The third-order valence-corrected chi connectivity index (χ3v) is 5.53. The van der Waals surface area contributed by atoms with Gasteiger partial charge in [-0.2, -0.15) is 5.10 Å². The van der Waals surface area contributed by atoms with E-state index in [1.807, 2.05) is 36.4 Å². The van der Waals surface area contributed by atoms with E-state index in [9.17, 15) is 0 Å². The van der Waals surface area contributed by atoms with E-state index in [2.05, 4.69) is 26.7 Å². The van der Waals surface area contributed by atoms with Crippen LogP contribution in [0, 0.1) is 0 Å². The first-order valence-corrected chi connectivity index (χ1v) is 9.97. The van der Waals surface area contributed by atoms with E-state index in [0.717, 1.165) is 53.9 Å². The second kappa shape index (κ2) is 8.67. The number of nitrogens with one attached hydrogen (secondary N) is 1.